The predicted octanol–water partition coefficient (Wildman–Crippen LogP) is 0.179. The zero-order chi connectivity index (χ0) is 16.8. The van der Waals surface area contributed by atoms with Crippen LogP contribution in [0.15, 0.2) is 29.4 Å². The Morgan fingerprint density at radius 3 is 2.70 bits per heavy atom. The second kappa shape index (κ2) is 7.58. The molecule has 0 radical (unpaired) electrons. The first-order chi connectivity index (χ1) is 11.0. The van der Waals surface area contributed by atoms with Crippen LogP contribution in [-0.4, -0.2) is 46.2 Å². The molecule has 3 N–H and O–H groups in total. The number of amides is 1. The first-order valence-electron chi connectivity index (χ1n) is 6.44. The van der Waals surface area contributed by atoms with Crippen molar-refractivity contribution in [3.8, 4) is 11.4 Å². The summed E-state index contributed by atoms with van der Waals surface area (Å²) in [7, 11) is 1.23. The molecular weight excluding hydrogens is 325 g/mol. The molecule has 0 unspecified atom stereocenters. The van der Waals surface area contributed by atoms with E-state index in [9.17, 15) is 14.0 Å². The maximum Gasteiger partial charge on any atom is 0.325 e. The van der Waals surface area contributed by atoms with Crippen LogP contribution < -0.4 is 11.2 Å². The molecule has 0 spiro atoms. The van der Waals surface area contributed by atoms with Crippen molar-refractivity contribution in [3.63, 3.8) is 0 Å². The third-order valence-electron chi connectivity index (χ3n) is 2.76. The molecule has 1 aromatic heterocycles. The van der Waals surface area contributed by atoms with E-state index >= 15 is 0 Å². The Bertz CT molecular complexity index is 704. The Balaban J connectivity index is 1.96. The average molecular weight is 339 g/mol. The molecule has 122 valence electrons. The summed E-state index contributed by atoms with van der Waals surface area (Å²) in [6, 6.07) is 5.63. The SMILES string of the molecule is COC(=O)CNC(=O)CSc1nnc(-c2ccc(F)cc2)n1N. The minimum absolute atomic E-state index is 0.00967. The first-order valence-corrected chi connectivity index (χ1v) is 7.42. The molecule has 2 aromatic rings. The number of nitrogens with one attached hydrogen (secondary N) is 1. The lowest BCUT2D eigenvalue weighted by molar-refractivity contribution is -0.140. The highest BCUT2D eigenvalue weighted by molar-refractivity contribution is 7.99. The number of hydrogen-bond acceptors (Lipinski definition) is 7. The second-order valence-electron chi connectivity index (χ2n) is 4.32. The number of benzene rings is 1. The van der Waals surface area contributed by atoms with Gasteiger partial charge in [0.1, 0.15) is 12.4 Å². The normalized spacial score (nSPS) is 10.3. The van der Waals surface area contributed by atoms with E-state index in [2.05, 4.69) is 20.3 Å². The van der Waals surface area contributed by atoms with Gasteiger partial charge in [-0.3, -0.25) is 9.59 Å². The van der Waals surface area contributed by atoms with Crippen molar-refractivity contribution in [1.29, 1.82) is 0 Å². The van der Waals surface area contributed by atoms with Crippen molar-refractivity contribution in [3.05, 3.63) is 30.1 Å². The second-order valence-corrected chi connectivity index (χ2v) is 5.27. The summed E-state index contributed by atoms with van der Waals surface area (Å²) in [6.07, 6.45) is 0. The van der Waals surface area contributed by atoms with E-state index in [4.69, 9.17) is 5.84 Å². The summed E-state index contributed by atoms with van der Waals surface area (Å²) >= 11 is 1.06. The molecule has 10 heteroatoms. The zero-order valence-electron chi connectivity index (χ0n) is 12.2. The quantitative estimate of drug-likeness (QED) is 0.438. The van der Waals surface area contributed by atoms with E-state index in [0.29, 0.717) is 16.5 Å². The van der Waals surface area contributed by atoms with Crippen LogP contribution in [0, 0.1) is 5.82 Å². The molecule has 0 aliphatic heterocycles. The number of nitrogens with zero attached hydrogens (tertiary/aromatic N) is 3. The molecule has 1 aromatic carbocycles. The summed E-state index contributed by atoms with van der Waals surface area (Å²) in [6.45, 7) is -0.202. The number of thioether (sulfide) groups is 1. The third-order valence-corrected chi connectivity index (χ3v) is 3.70. The van der Waals surface area contributed by atoms with E-state index in [1.807, 2.05) is 0 Å². The van der Waals surface area contributed by atoms with Crippen LogP contribution in [-0.2, 0) is 14.3 Å². The van der Waals surface area contributed by atoms with Crippen LogP contribution in [0.25, 0.3) is 11.4 Å². The number of methoxy groups -OCH3 is 1. The first kappa shape index (κ1) is 16.7. The zero-order valence-corrected chi connectivity index (χ0v) is 13.0. The van der Waals surface area contributed by atoms with Gasteiger partial charge in [-0.25, -0.2) is 9.07 Å². The Kier molecular flexibility index (Phi) is 5.52. The van der Waals surface area contributed by atoms with Crippen molar-refractivity contribution in [2.45, 2.75) is 5.16 Å². The van der Waals surface area contributed by atoms with Crippen LogP contribution in [0.5, 0.6) is 0 Å². The van der Waals surface area contributed by atoms with Gasteiger partial charge in [0.25, 0.3) is 0 Å². The minimum Gasteiger partial charge on any atom is -0.468 e. The van der Waals surface area contributed by atoms with Gasteiger partial charge < -0.3 is 15.9 Å². The molecule has 0 saturated carbocycles. The number of hydrogen-bond donors (Lipinski definition) is 2. The van der Waals surface area contributed by atoms with Crippen LogP contribution in [0.1, 0.15) is 0 Å². The average Bonchev–Trinajstić information content (AvgIpc) is 2.92. The fourth-order valence-corrected chi connectivity index (χ4v) is 2.28. The maximum atomic E-state index is 12.9. The van der Waals surface area contributed by atoms with Crippen molar-refractivity contribution in [1.82, 2.24) is 20.2 Å². The fourth-order valence-electron chi connectivity index (χ4n) is 1.60. The molecule has 2 rings (SSSR count). The van der Waals surface area contributed by atoms with Gasteiger partial charge in [0.05, 0.1) is 12.9 Å². The van der Waals surface area contributed by atoms with Gasteiger partial charge in [0.2, 0.25) is 11.1 Å². The highest BCUT2D eigenvalue weighted by Crippen LogP contribution is 2.21. The highest BCUT2D eigenvalue weighted by atomic mass is 32.2. The van der Waals surface area contributed by atoms with Crippen molar-refractivity contribution < 1.29 is 18.7 Å². The van der Waals surface area contributed by atoms with Gasteiger partial charge in [-0.05, 0) is 24.3 Å². The topological polar surface area (TPSA) is 112 Å². The van der Waals surface area contributed by atoms with Crippen LogP contribution in [0.3, 0.4) is 0 Å². The fraction of sp³-hybridized carbons (Fsp3) is 0.231. The molecule has 0 bridgehead atoms. The molecule has 23 heavy (non-hydrogen) atoms. The standard InChI is InChI=1S/C13H14FN5O3S/c1-22-11(21)6-16-10(20)7-23-13-18-17-12(19(13)15)8-2-4-9(14)5-3-8/h2-5H,6-7,15H2,1H3,(H,16,20). The van der Waals surface area contributed by atoms with E-state index in [1.54, 1.807) is 0 Å². The lowest BCUT2D eigenvalue weighted by atomic mass is 10.2. The Labute approximate surface area is 135 Å². The predicted molar refractivity (Wildman–Crippen MR) is 81.3 cm³/mol. The lowest BCUT2D eigenvalue weighted by Gasteiger charge is -2.04. The van der Waals surface area contributed by atoms with Crippen molar-refractivity contribution >= 4 is 23.6 Å². The van der Waals surface area contributed by atoms with E-state index in [1.165, 1.54) is 36.1 Å². The minimum atomic E-state index is -0.538. The molecule has 1 amide bonds. The van der Waals surface area contributed by atoms with E-state index in [0.717, 1.165) is 11.8 Å². The molecule has 0 saturated heterocycles. The Morgan fingerprint density at radius 1 is 1.35 bits per heavy atom. The third kappa shape index (κ3) is 4.42. The highest BCUT2D eigenvalue weighted by Gasteiger charge is 2.14. The largest absolute Gasteiger partial charge is 0.468 e. The van der Waals surface area contributed by atoms with Crippen LogP contribution >= 0.6 is 11.8 Å². The summed E-state index contributed by atoms with van der Waals surface area (Å²) in [5.41, 5.74) is 0.600. The number of carbonyl (C=O) groups is 2. The number of rotatable bonds is 6. The molecule has 0 aliphatic carbocycles. The number of carbonyl (C=O) groups excluding carboxylic acids is 2. The smallest absolute Gasteiger partial charge is 0.325 e. The summed E-state index contributed by atoms with van der Waals surface area (Å²) in [4.78, 5) is 22.5. The number of nitrogens with two attached hydrogens (primary N) is 1. The summed E-state index contributed by atoms with van der Waals surface area (Å²) in [5.74, 6) is 4.96. The maximum absolute atomic E-state index is 12.9. The number of ether oxygens (including phenoxy) is 1. The Hall–Kier alpha value is -2.62. The van der Waals surface area contributed by atoms with Gasteiger partial charge in [-0.15, -0.1) is 10.2 Å². The van der Waals surface area contributed by atoms with Gasteiger partial charge in [-0.1, -0.05) is 11.8 Å². The van der Waals surface area contributed by atoms with Gasteiger partial charge in [0, 0.05) is 5.56 Å². The summed E-state index contributed by atoms with van der Waals surface area (Å²) in [5, 5.41) is 10.5. The number of esters is 1. The van der Waals surface area contributed by atoms with Crippen molar-refractivity contribution in [2.75, 3.05) is 25.3 Å². The monoisotopic (exact) mass is 339 g/mol. The Morgan fingerprint density at radius 2 is 2.04 bits per heavy atom. The lowest BCUT2D eigenvalue weighted by Crippen LogP contribution is -2.31. The van der Waals surface area contributed by atoms with Gasteiger partial charge in [-0.2, -0.15) is 0 Å². The molecule has 1 heterocycles. The molecule has 0 atom stereocenters. The molecule has 8 nitrogen and oxygen atoms in total. The number of halogens is 1. The van der Waals surface area contributed by atoms with Gasteiger partial charge in [0.15, 0.2) is 5.82 Å². The number of aromatic nitrogens is 3. The molecule has 0 fully saturated rings. The number of nitrogen functional groups attached to an aromatic ring is 1. The molecule has 0 aliphatic rings. The van der Waals surface area contributed by atoms with Crippen molar-refractivity contribution in [2.24, 2.45) is 0 Å². The van der Waals surface area contributed by atoms with Crippen LogP contribution in [0.2, 0.25) is 0 Å². The summed E-state index contributed by atoms with van der Waals surface area (Å²) < 4.78 is 18.5. The van der Waals surface area contributed by atoms with E-state index in [-0.39, 0.29) is 24.0 Å². The molecular formula is C13H14FN5O3S. The van der Waals surface area contributed by atoms with Crippen LogP contribution in [0.4, 0.5) is 4.39 Å². The van der Waals surface area contributed by atoms with E-state index < -0.39 is 5.97 Å². The van der Waals surface area contributed by atoms with Gasteiger partial charge >= 0.3 is 5.97 Å².